The lowest BCUT2D eigenvalue weighted by Gasteiger charge is -2.33. The number of imidazole rings is 1. The summed E-state index contributed by atoms with van der Waals surface area (Å²) < 4.78 is 42.9. The van der Waals surface area contributed by atoms with Gasteiger partial charge in [-0.25, -0.2) is 19.9 Å². The molecule has 1 atom stereocenters. The van der Waals surface area contributed by atoms with Crippen molar-refractivity contribution in [3.63, 3.8) is 0 Å². The summed E-state index contributed by atoms with van der Waals surface area (Å²) in [5.41, 5.74) is 5.04. The van der Waals surface area contributed by atoms with Gasteiger partial charge >= 0.3 is 6.18 Å². The Morgan fingerprint density at radius 2 is 2.10 bits per heavy atom. The van der Waals surface area contributed by atoms with Crippen LogP contribution in [0, 0.1) is 6.92 Å². The zero-order valence-electron chi connectivity index (χ0n) is 16.2. The molecule has 0 aromatic carbocycles. The van der Waals surface area contributed by atoms with E-state index in [9.17, 15) is 18.0 Å². The normalized spacial score (nSPS) is 17.5. The van der Waals surface area contributed by atoms with Crippen molar-refractivity contribution in [3.8, 4) is 0 Å². The van der Waals surface area contributed by atoms with Gasteiger partial charge in [0.1, 0.15) is 18.2 Å². The van der Waals surface area contributed by atoms with Gasteiger partial charge in [-0.3, -0.25) is 4.79 Å². The number of hydrogen-bond donors (Lipinski definition) is 1. The van der Waals surface area contributed by atoms with E-state index in [-0.39, 0.29) is 46.7 Å². The molecule has 1 unspecified atom stereocenters. The van der Waals surface area contributed by atoms with Crippen LogP contribution in [-0.2, 0) is 17.5 Å². The summed E-state index contributed by atoms with van der Waals surface area (Å²) in [4.78, 5) is 30.5. The van der Waals surface area contributed by atoms with Crippen molar-refractivity contribution >= 4 is 22.8 Å². The van der Waals surface area contributed by atoms with E-state index in [0.717, 1.165) is 6.07 Å². The van der Waals surface area contributed by atoms with Gasteiger partial charge in [0.15, 0.2) is 5.65 Å². The molecule has 3 aromatic rings. The second kappa shape index (κ2) is 7.54. The lowest BCUT2D eigenvalue weighted by molar-refractivity contribution is -0.136. The van der Waals surface area contributed by atoms with E-state index in [1.165, 1.54) is 0 Å². The van der Waals surface area contributed by atoms with Crippen molar-refractivity contribution < 1.29 is 18.0 Å². The number of piperidine rings is 1. The topological polar surface area (TPSA) is 103 Å². The molecule has 0 aliphatic carbocycles. The predicted molar refractivity (Wildman–Crippen MR) is 102 cm³/mol. The summed E-state index contributed by atoms with van der Waals surface area (Å²) in [6.45, 7) is 2.53. The molecule has 0 radical (unpaired) electrons. The number of nitrogens with zero attached hydrogens (tertiary/aromatic N) is 6. The molecule has 4 rings (SSSR count). The maximum Gasteiger partial charge on any atom is 0.417 e. The Morgan fingerprint density at radius 1 is 1.30 bits per heavy atom. The van der Waals surface area contributed by atoms with E-state index in [2.05, 4.69) is 19.9 Å². The van der Waals surface area contributed by atoms with Gasteiger partial charge in [-0.15, -0.1) is 0 Å². The van der Waals surface area contributed by atoms with Crippen LogP contribution < -0.4 is 5.73 Å². The fourth-order valence-corrected chi connectivity index (χ4v) is 3.81. The Hall–Kier alpha value is -3.24. The van der Waals surface area contributed by atoms with Crippen LogP contribution in [0.25, 0.3) is 11.0 Å². The number of halogens is 3. The van der Waals surface area contributed by atoms with Gasteiger partial charge in [-0.1, -0.05) is 0 Å². The first-order chi connectivity index (χ1) is 14.2. The van der Waals surface area contributed by atoms with Gasteiger partial charge in [0.05, 0.1) is 17.3 Å². The highest BCUT2D eigenvalue weighted by atomic mass is 19.4. The lowest BCUT2D eigenvalue weighted by atomic mass is 9.92. The fourth-order valence-electron chi connectivity index (χ4n) is 3.81. The summed E-state index contributed by atoms with van der Waals surface area (Å²) >= 11 is 0. The first-order valence-corrected chi connectivity index (χ1v) is 9.48. The number of likely N-dealkylation sites (tertiary alicyclic amines) is 1. The minimum atomic E-state index is -4.63. The Morgan fingerprint density at radius 3 is 2.80 bits per heavy atom. The quantitative estimate of drug-likeness (QED) is 0.700. The molecule has 0 bridgehead atoms. The van der Waals surface area contributed by atoms with Gasteiger partial charge in [-0.05, 0) is 25.8 Å². The van der Waals surface area contributed by atoms with E-state index < -0.39 is 11.7 Å². The molecule has 0 saturated carbocycles. The third-order valence-electron chi connectivity index (χ3n) is 5.20. The number of alkyl halides is 3. The molecule has 3 aromatic heterocycles. The van der Waals surface area contributed by atoms with Crippen LogP contribution in [0.5, 0.6) is 0 Å². The molecular formula is C19H20F3N7O. The molecule has 4 heterocycles. The number of fused-ring (bicyclic) bond motifs is 1. The van der Waals surface area contributed by atoms with Crippen LogP contribution >= 0.6 is 0 Å². The Kier molecular flexibility index (Phi) is 5.04. The van der Waals surface area contributed by atoms with E-state index in [4.69, 9.17) is 5.73 Å². The monoisotopic (exact) mass is 419 g/mol. The standard InChI is InChI=1S/C19H20F3N7O/c1-11-25-17(23)16-13(19(20,21)22)7-14(27-18(16)26-11)12-3-2-5-29(8-12)15(30)9-28-6-4-24-10-28/h4,6-7,10,12H,2-3,5,8-9H2,1H3,(H2,23,25,26,27). The molecule has 8 nitrogen and oxygen atoms in total. The van der Waals surface area contributed by atoms with Crippen LogP contribution in [0.3, 0.4) is 0 Å². The van der Waals surface area contributed by atoms with Gasteiger partial charge < -0.3 is 15.2 Å². The SMILES string of the molecule is Cc1nc(N)c2c(C(F)(F)F)cc(C3CCCN(C(=O)Cn4ccnc4)C3)nc2n1. The minimum absolute atomic E-state index is 0.0771. The Bertz CT molecular complexity index is 1080. The molecule has 1 aliphatic heterocycles. The average Bonchev–Trinajstić information content (AvgIpc) is 3.19. The number of aromatic nitrogens is 5. The Balaban J connectivity index is 1.67. The van der Waals surface area contributed by atoms with Gasteiger partial charge in [0.2, 0.25) is 5.91 Å². The predicted octanol–water partition coefficient (Wildman–Crippen LogP) is 2.54. The number of carbonyl (C=O) groups is 1. The molecule has 2 N–H and O–H groups in total. The second-order valence-electron chi connectivity index (χ2n) is 7.36. The molecule has 1 saturated heterocycles. The van der Waals surface area contributed by atoms with Crippen LogP contribution in [-0.4, -0.2) is 48.4 Å². The highest BCUT2D eigenvalue weighted by molar-refractivity contribution is 5.89. The van der Waals surface area contributed by atoms with Crippen molar-refractivity contribution in [1.29, 1.82) is 0 Å². The van der Waals surface area contributed by atoms with E-state index in [0.29, 0.717) is 25.9 Å². The summed E-state index contributed by atoms with van der Waals surface area (Å²) in [6.07, 6.45) is 1.49. The van der Waals surface area contributed by atoms with Crippen LogP contribution in [0.2, 0.25) is 0 Å². The van der Waals surface area contributed by atoms with Gasteiger partial charge in [0.25, 0.3) is 0 Å². The van der Waals surface area contributed by atoms with Crippen LogP contribution in [0.4, 0.5) is 19.0 Å². The maximum atomic E-state index is 13.8. The molecular weight excluding hydrogens is 399 g/mol. The molecule has 1 fully saturated rings. The first-order valence-electron chi connectivity index (χ1n) is 9.48. The van der Waals surface area contributed by atoms with Crippen molar-refractivity contribution in [3.05, 3.63) is 41.9 Å². The average molecular weight is 419 g/mol. The van der Waals surface area contributed by atoms with E-state index in [1.54, 1.807) is 35.1 Å². The largest absolute Gasteiger partial charge is 0.417 e. The zero-order valence-corrected chi connectivity index (χ0v) is 16.2. The summed E-state index contributed by atoms with van der Waals surface area (Å²) in [5.74, 6) is -0.437. The first kappa shape index (κ1) is 20.0. The third kappa shape index (κ3) is 3.91. The smallest absolute Gasteiger partial charge is 0.383 e. The maximum absolute atomic E-state index is 13.8. The van der Waals surface area contributed by atoms with E-state index in [1.807, 2.05) is 0 Å². The number of rotatable bonds is 3. The van der Waals surface area contributed by atoms with Crippen molar-refractivity contribution in [1.82, 2.24) is 29.4 Å². The number of carbonyl (C=O) groups excluding carboxylic acids is 1. The number of hydrogen-bond acceptors (Lipinski definition) is 6. The van der Waals surface area contributed by atoms with Gasteiger partial charge in [-0.2, -0.15) is 13.2 Å². The Labute approximate surface area is 170 Å². The molecule has 11 heteroatoms. The number of nitrogen functional groups attached to an aromatic ring is 1. The van der Waals surface area contributed by atoms with Crippen LogP contribution in [0.1, 0.15) is 35.8 Å². The van der Waals surface area contributed by atoms with E-state index >= 15 is 0 Å². The summed E-state index contributed by atoms with van der Waals surface area (Å²) in [5, 5.41) is -0.291. The highest BCUT2D eigenvalue weighted by Crippen LogP contribution is 2.38. The number of aryl methyl sites for hydroxylation is 1. The second-order valence-corrected chi connectivity index (χ2v) is 7.36. The number of amides is 1. The molecule has 0 spiro atoms. The van der Waals surface area contributed by atoms with Crippen molar-refractivity contribution in [2.24, 2.45) is 0 Å². The number of anilines is 1. The zero-order chi connectivity index (χ0) is 21.5. The fraction of sp³-hybridized carbons (Fsp3) is 0.421. The molecule has 158 valence electrons. The minimum Gasteiger partial charge on any atom is -0.383 e. The number of nitrogens with two attached hydrogens (primary N) is 1. The summed E-state index contributed by atoms with van der Waals surface area (Å²) in [7, 11) is 0. The van der Waals surface area contributed by atoms with Crippen molar-refractivity contribution in [2.75, 3.05) is 18.8 Å². The summed E-state index contributed by atoms with van der Waals surface area (Å²) in [6, 6.07) is 1.02. The third-order valence-corrected chi connectivity index (χ3v) is 5.20. The number of pyridine rings is 1. The van der Waals surface area contributed by atoms with Gasteiger partial charge in [0, 0.05) is 37.1 Å². The molecule has 30 heavy (non-hydrogen) atoms. The lowest BCUT2D eigenvalue weighted by Crippen LogP contribution is -2.41. The molecule has 1 amide bonds. The molecule has 1 aliphatic rings. The van der Waals surface area contributed by atoms with Crippen molar-refractivity contribution in [2.45, 2.75) is 38.4 Å². The highest BCUT2D eigenvalue weighted by Gasteiger charge is 2.36. The van der Waals surface area contributed by atoms with Crippen LogP contribution in [0.15, 0.2) is 24.8 Å².